The number of aryl methyl sites for hydroxylation is 1. The fourth-order valence-corrected chi connectivity index (χ4v) is 1.87. The number of carbonyl (C=O) groups is 1. The van der Waals surface area contributed by atoms with Gasteiger partial charge in [0.15, 0.2) is 0 Å². The van der Waals surface area contributed by atoms with Crippen molar-refractivity contribution in [2.45, 2.75) is 24.7 Å². The Bertz CT molecular complexity index is 312. The minimum atomic E-state index is -0.773. The van der Waals surface area contributed by atoms with Gasteiger partial charge in [0.25, 0.3) is 0 Å². The highest BCUT2D eigenvalue weighted by Crippen LogP contribution is 2.19. The molecular weight excluding hydrogens is 196 g/mol. The summed E-state index contributed by atoms with van der Waals surface area (Å²) in [4.78, 5) is 11.7. The highest BCUT2D eigenvalue weighted by atomic mass is 32.2. The normalized spacial score (nSPS) is 10.1. The van der Waals surface area contributed by atoms with Gasteiger partial charge in [-0.15, -0.1) is 11.8 Å². The van der Waals surface area contributed by atoms with Crippen LogP contribution in [0.4, 0.5) is 0 Å². The fraction of sp³-hybridized carbons (Fsp3) is 0.364. The van der Waals surface area contributed by atoms with Crippen molar-refractivity contribution in [3.63, 3.8) is 0 Å². The molecule has 1 N–H and O–H groups in total. The largest absolute Gasteiger partial charge is 0.481 e. The van der Waals surface area contributed by atoms with E-state index in [1.54, 1.807) is 11.8 Å². The predicted octanol–water partition coefficient (Wildman–Crippen LogP) is 2.60. The Morgan fingerprint density at radius 1 is 1.36 bits per heavy atom. The Kier molecular flexibility index (Phi) is 4.01. The van der Waals surface area contributed by atoms with E-state index in [2.05, 4.69) is 13.0 Å². The van der Waals surface area contributed by atoms with Crippen LogP contribution in [-0.4, -0.2) is 17.3 Å². The van der Waals surface area contributed by atoms with Gasteiger partial charge in [0.1, 0.15) is 0 Å². The van der Waals surface area contributed by atoms with Gasteiger partial charge in [0, 0.05) is 4.90 Å². The molecule has 2 nitrogen and oxygen atoms in total. The van der Waals surface area contributed by atoms with Crippen LogP contribution >= 0.6 is 11.8 Å². The zero-order valence-electron chi connectivity index (χ0n) is 8.41. The first-order chi connectivity index (χ1) is 6.65. The Balaban J connectivity index is 2.98. The smallest absolute Gasteiger partial charge is 0.307 e. The van der Waals surface area contributed by atoms with E-state index in [-0.39, 0.29) is 6.42 Å². The van der Waals surface area contributed by atoms with Gasteiger partial charge >= 0.3 is 5.97 Å². The summed E-state index contributed by atoms with van der Waals surface area (Å²) in [6, 6.07) is 6.02. The van der Waals surface area contributed by atoms with Gasteiger partial charge in [-0.25, -0.2) is 0 Å². The highest BCUT2D eigenvalue weighted by molar-refractivity contribution is 7.98. The topological polar surface area (TPSA) is 37.3 Å². The average molecular weight is 210 g/mol. The second-order valence-corrected chi connectivity index (χ2v) is 3.99. The van der Waals surface area contributed by atoms with Crippen LogP contribution in [0.15, 0.2) is 23.1 Å². The first-order valence-electron chi connectivity index (χ1n) is 4.54. The number of benzene rings is 1. The summed E-state index contributed by atoms with van der Waals surface area (Å²) in [6.07, 6.45) is 3.06. The first kappa shape index (κ1) is 11.1. The minimum absolute atomic E-state index is 0.112. The lowest BCUT2D eigenvalue weighted by Gasteiger charge is -2.05. The summed E-state index contributed by atoms with van der Waals surface area (Å²) < 4.78 is 0. The lowest BCUT2D eigenvalue weighted by molar-refractivity contribution is -0.136. The third-order valence-corrected chi connectivity index (χ3v) is 2.73. The van der Waals surface area contributed by atoms with Crippen LogP contribution in [0, 0.1) is 0 Å². The molecule has 0 aromatic heterocycles. The Hall–Kier alpha value is -0.960. The summed E-state index contributed by atoms with van der Waals surface area (Å²) >= 11 is 1.65. The molecule has 1 aromatic carbocycles. The molecule has 3 heteroatoms. The second kappa shape index (κ2) is 5.05. The second-order valence-electron chi connectivity index (χ2n) is 3.11. The maximum absolute atomic E-state index is 10.6. The number of carboxylic acid groups (broad SMARTS) is 1. The van der Waals surface area contributed by atoms with E-state index < -0.39 is 5.97 Å². The van der Waals surface area contributed by atoms with Crippen molar-refractivity contribution in [2.75, 3.05) is 6.26 Å². The molecule has 0 heterocycles. The van der Waals surface area contributed by atoms with Crippen LogP contribution < -0.4 is 0 Å². The molecule has 0 aliphatic heterocycles. The Morgan fingerprint density at radius 3 is 2.50 bits per heavy atom. The van der Waals surface area contributed by atoms with Crippen molar-refractivity contribution in [1.29, 1.82) is 0 Å². The molecule has 1 rings (SSSR count). The van der Waals surface area contributed by atoms with E-state index in [0.29, 0.717) is 0 Å². The van der Waals surface area contributed by atoms with Gasteiger partial charge in [0.2, 0.25) is 0 Å². The summed E-state index contributed by atoms with van der Waals surface area (Å²) in [7, 11) is 0. The summed E-state index contributed by atoms with van der Waals surface area (Å²) in [5, 5.41) is 8.69. The average Bonchev–Trinajstić information content (AvgIpc) is 2.16. The lowest BCUT2D eigenvalue weighted by atomic mass is 10.1. The molecular formula is C11H14O2S. The summed E-state index contributed by atoms with van der Waals surface area (Å²) in [6.45, 7) is 2.07. The number of aliphatic carboxylic acids is 1. The molecule has 0 spiro atoms. The molecule has 76 valence electrons. The summed E-state index contributed by atoms with van der Waals surface area (Å²) in [5.41, 5.74) is 2.09. The van der Waals surface area contributed by atoms with Crippen molar-refractivity contribution in [3.8, 4) is 0 Å². The van der Waals surface area contributed by atoms with E-state index in [0.717, 1.165) is 16.9 Å². The summed E-state index contributed by atoms with van der Waals surface area (Å²) in [5.74, 6) is -0.773. The molecule has 0 saturated heterocycles. The number of hydrogen-bond donors (Lipinski definition) is 1. The van der Waals surface area contributed by atoms with Crippen LogP contribution in [0.25, 0.3) is 0 Å². The minimum Gasteiger partial charge on any atom is -0.481 e. The van der Waals surface area contributed by atoms with Crippen molar-refractivity contribution < 1.29 is 9.90 Å². The van der Waals surface area contributed by atoms with Crippen LogP contribution in [-0.2, 0) is 17.6 Å². The molecule has 0 fully saturated rings. The molecule has 0 unspecified atom stereocenters. The monoisotopic (exact) mass is 210 g/mol. The SMILES string of the molecule is CCc1cc(CC(=O)O)cc(SC)c1. The molecule has 0 aliphatic carbocycles. The number of hydrogen-bond acceptors (Lipinski definition) is 2. The van der Waals surface area contributed by atoms with Crippen LogP contribution in [0.1, 0.15) is 18.1 Å². The van der Waals surface area contributed by atoms with Crippen molar-refractivity contribution in [3.05, 3.63) is 29.3 Å². The van der Waals surface area contributed by atoms with Crippen molar-refractivity contribution >= 4 is 17.7 Å². The van der Waals surface area contributed by atoms with E-state index in [9.17, 15) is 4.79 Å². The maximum atomic E-state index is 10.6. The Morgan fingerprint density at radius 2 is 2.00 bits per heavy atom. The maximum Gasteiger partial charge on any atom is 0.307 e. The van der Waals surface area contributed by atoms with Gasteiger partial charge < -0.3 is 5.11 Å². The Labute approximate surface area is 88.3 Å². The fourth-order valence-electron chi connectivity index (χ4n) is 1.33. The zero-order valence-corrected chi connectivity index (χ0v) is 9.23. The van der Waals surface area contributed by atoms with Crippen molar-refractivity contribution in [1.82, 2.24) is 0 Å². The third kappa shape index (κ3) is 3.07. The molecule has 0 saturated carbocycles. The van der Waals surface area contributed by atoms with Crippen molar-refractivity contribution in [2.24, 2.45) is 0 Å². The highest BCUT2D eigenvalue weighted by Gasteiger charge is 2.03. The lowest BCUT2D eigenvalue weighted by Crippen LogP contribution is -2.00. The van der Waals surface area contributed by atoms with E-state index in [4.69, 9.17) is 5.11 Å². The quantitative estimate of drug-likeness (QED) is 0.776. The molecule has 0 radical (unpaired) electrons. The van der Waals surface area contributed by atoms with Gasteiger partial charge in [-0.2, -0.15) is 0 Å². The number of rotatable bonds is 4. The van der Waals surface area contributed by atoms with Gasteiger partial charge in [-0.05, 0) is 35.9 Å². The predicted molar refractivity (Wildman–Crippen MR) is 58.9 cm³/mol. The van der Waals surface area contributed by atoms with E-state index in [1.165, 1.54) is 5.56 Å². The van der Waals surface area contributed by atoms with Crippen LogP contribution in [0.3, 0.4) is 0 Å². The van der Waals surface area contributed by atoms with Gasteiger partial charge in [-0.1, -0.05) is 13.0 Å². The number of carboxylic acids is 1. The van der Waals surface area contributed by atoms with E-state index in [1.807, 2.05) is 18.4 Å². The molecule has 1 aromatic rings. The van der Waals surface area contributed by atoms with Gasteiger partial charge in [0.05, 0.1) is 6.42 Å². The third-order valence-electron chi connectivity index (χ3n) is 2.03. The van der Waals surface area contributed by atoms with E-state index >= 15 is 0 Å². The van der Waals surface area contributed by atoms with Gasteiger partial charge in [-0.3, -0.25) is 4.79 Å². The number of thioether (sulfide) groups is 1. The molecule has 0 amide bonds. The molecule has 0 atom stereocenters. The molecule has 14 heavy (non-hydrogen) atoms. The molecule has 0 aliphatic rings. The first-order valence-corrected chi connectivity index (χ1v) is 5.76. The molecule has 0 bridgehead atoms. The van der Waals surface area contributed by atoms with Crippen LogP contribution in [0.2, 0.25) is 0 Å². The zero-order chi connectivity index (χ0) is 10.6. The van der Waals surface area contributed by atoms with Crippen LogP contribution in [0.5, 0.6) is 0 Å². The standard InChI is InChI=1S/C11H14O2S/c1-3-8-4-9(7-11(12)13)6-10(5-8)14-2/h4-6H,3,7H2,1-2H3,(H,12,13).